The molecule has 0 amide bonds. The summed E-state index contributed by atoms with van der Waals surface area (Å²) in [5, 5.41) is 11.2. The number of sulfone groups is 1. The topological polar surface area (TPSA) is 103 Å². The molecule has 8 heteroatoms. The van der Waals surface area contributed by atoms with Crippen molar-refractivity contribution >= 4 is 32.8 Å². The van der Waals surface area contributed by atoms with Crippen LogP contribution in [0.3, 0.4) is 0 Å². The van der Waals surface area contributed by atoms with E-state index in [9.17, 15) is 18.5 Å². The summed E-state index contributed by atoms with van der Waals surface area (Å²) in [5.41, 5.74) is 5.71. The van der Waals surface area contributed by atoms with Gasteiger partial charge in [-0.05, 0) is 36.4 Å². The number of benzene rings is 2. The quantitative estimate of drug-likeness (QED) is 0.528. The Labute approximate surface area is 126 Å². The van der Waals surface area contributed by atoms with Crippen molar-refractivity contribution in [3.8, 4) is 0 Å². The molecular weight excluding hydrogens is 316 g/mol. The van der Waals surface area contributed by atoms with Gasteiger partial charge in [0.15, 0.2) is 9.84 Å². The van der Waals surface area contributed by atoms with Crippen LogP contribution in [0.25, 0.3) is 0 Å². The van der Waals surface area contributed by atoms with Gasteiger partial charge >= 0.3 is 0 Å². The molecule has 0 fully saturated rings. The third kappa shape index (κ3) is 3.50. The van der Waals surface area contributed by atoms with Crippen LogP contribution in [0.2, 0.25) is 5.02 Å². The number of nitrogen functional groups attached to an aromatic ring is 1. The van der Waals surface area contributed by atoms with Gasteiger partial charge in [-0.15, -0.1) is 0 Å². The minimum absolute atomic E-state index is 0.0564. The van der Waals surface area contributed by atoms with Gasteiger partial charge in [0.1, 0.15) is 0 Å². The fourth-order valence-corrected chi connectivity index (χ4v) is 3.33. The molecule has 0 heterocycles. The molecule has 21 heavy (non-hydrogen) atoms. The molecule has 0 saturated carbocycles. The maximum Gasteiger partial charge on any atom is 0.275 e. The average molecular weight is 327 g/mol. The van der Waals surface area contributed by atoms with Crippen molar-refractivity contribution in [1.29, 1.82) is 0 Å². The van der Waals surface area contributed by atoms with Crippen LogP contribution >= 0.6 is 11.6 Å². The van der Waals surface area contributed by atoms with Gasteiger partial charge in [-0.2, -0.15) is 0 Å². The zero-order valence-corrected chi connectivity index (χ0v) is 12.3. The van der Waals surface area contributed by atoms with Crippen LogP contribution in [0.5, 0.6) is 0 Å². The second-order valence-electron chi connectivity index (χ2n) is 4.36. The average Bonchev–Trinajstić information content (AvgIpc) is 2.41. The van der Waals surface area contributed by atoms with E-state index in [0.717, 1.165) is 6.07 Å². The Bertz CT molecular complexity index is 788. The van der Waals surface area contributed by atoms with Crippen molar-refractivity contribution in [1.82, 2.24) is 0 Å². The molecule has 0 bridgehead atoms. The zero-order valence-electron chi connectivity index (χ0n) is 10.7. The summed E-state index contributed by atoms with van der Waals surface area (Å²) in [6.07, 6.45) is 0. The second-order valence-corrected chi connectivity index (χ2v) is 6.78. The number of nitro benzene ring substituents is 1. The van der Waals surface area contributed by atoms with Gasteiger partial charge in [0, 0.05) is 22.3 Å². The molecule has 0 saturated heterocycles. The maximum atomic E-state index is 12.3. The standard InChI is InChI=1S/C13H11ClN2O4S/c14-10-2-1-9(13(7-10)16(17)18)8-21(19,20)12-5-3-11(15)4-6-12/h1-7H,8,15H2. The number of hydrogen-bond acceptors (Lipinski definition) is 5. The van der Waals surface area contributed by atoms with E-state index in [0.29, 0.717) is 5.69 Å². The molecular formula is C13H11ClN2O4S. The van der Waals surface area contributed by atoms with Gasteiger partial charge in [0.2, 0.25) is 0 Å². The zero-order chi connectivity index (χ0) is 15.6. The van der Waals surface area contributed by atoms with Gasteiger partial charge in [0.25, 0.3) is 5.69 Å². The lowest BCUT2D eigenvalue weighted by molar-refractivity contribution is -0.385. The van der Waals surface area contributed by atoms with Gasteiger partial charge in [0.05, 0.1) is 15.6 Å². The summed E-state index contributed by atoms with van der Waals surface area (Å²) < 4.78 is 24.6. The molecule has 2 aromatic carbocycles. The Morgan fingerprint density at radius 2 is 1.76 bits per heavy atom. The Balaban J connectivity index is 2.41. The predicted molar refractivity (Wildman–Crippen MR) is 79.9 cm³/mol. The van der Waals surface area contributed by atoms with Crippen molar-refractivity contribution in [2.75, 3.05) is 5.73 Å². The lowest BCUT2D eigenvalue weighted by Gasteiger charge is -2.06. The van der Waals surface area contributed by atoms with Gasteiger partial charge < -0.3 is 5.73 Å². The Hall–Kier alpha value is -2.12. The predicted octanol–water partition coefficient (Wildman–Crippen LogP) is 2.80. The molecule has 2 aromatic rings. The molecule has 0 atom stereocenters. The minimum Gasteiger partial charge on any atom is -0.399 e. The molecule has 2 rings (SSSR count). The molecule has 110 valence electrons. The summed E-state index contributed by atoms with van der Waals surface area (Å²) in [4.78, 5) is 10.4. The highest BCUT2D eigenvalue weighted by Gasteiger charge is 2.22. The van der Waals surface area contributed by atoms with Gasteiger partial charge in [-0.3, -0.25) is 10.1 Å². The van der Waals surface area contributed by atoms with E-state index in [2.05, 4.69) is 0 Å². The van der Waals surface area contributed by atoms with Gasteiger partial charge in [-0.25, -0.2) is 8.42 Å². The van der Waals surface area contributed by atoms with E-state index in [4.69, 9.17) is 17.3 Å². The Kier molecular flexibility index (Phi) is 4.15. The van der Waals surface area contributed by atoms with Crippen LogP contribution in [0.1, 0.15) is 5.56 Å². The maximum absolute atomic E-state index is 12.3. The van der Waals surface area contributed by atoms with E-state index < -0.39 is 20.5 Å². The number of nitro groups is 1. The highest BCUT2D eigenvalue weighted by Crippen LogP contribution is 2.27. The monoisotopic (exact) mass is 326 g/mol. The van der Waals surface area contributed by atoms with Crippen LogP contribution in [0, 0.1) is 10.1 Å². The summed E-state index contributed by atoms with van der Waals surface area (Å²) in [5.74, 6) is -0.482. The lowest BCUT2D eigenvalue weighted by Crippen LogP contribution is -2.07. The van der Waals surface area contributed by atoms with Crippen LogP contribution in [-0.2, 0) is 15.6 Å². The van der Waals surface area contributed by atoms with Crippen molar-refractivity contribution in [2.45, 2.75) is 10.6 Å². The van der Waals surface area contributed by atoms with Crippen molar-refractivity contribution in [3.63, 3.8) is 0 Å². The molecule has 0 aliphatic carbocycles. The molecule has 0 unspecified atom stereocenters. The molecule has 2 N–H and O–H groups in total. The molecule has 6 nitrogen and oxygen atoms in total. The van der Waals surface area contributed by atoms with Crippen molar-refractivity contribution < 1.29 is 13.3 Å². The largest absolute Gasteiger partial charge is 0.399 e. The Morgan fingerprint density at radius 3 is 2.33 bits per heavy atom. The fraction of sp³-hybridized carbons (Fsp3) is 0.0769. The van der Waals surface area contributed by atoms with Crippen LogP contribution in [0.4, 0.5) is 11.4 Å². The third-order valence-corrected chi connectivity index (χ3v) is 4.75. The number of rotatable bonds is 4. The first-order valence-corrected chi connectivity index (χ1v) is 7.84. The van der Waals surface area contributed by atoms with Gasteiger partial charge in [-0.1, -0.05) is 11.6 Å². The highest BCUT2D eigenvalue weighted by atomic mass is 35.5. The molecule has 0 spiro atoms. The van der Waals surface area contributed by atoms with E-state index in [1.54, 1.807) is 0 Å². The van der Waals surface area contributed by atoms with Crippen LogP contribution < -0.4 is 5.73 Å². The van der Waals surface area contributed by atoms with E-state index in [1.165, 1.54) is 36.4 Å². The summed E-state index contributed by atoms with van der Waals surface area (Å²) in [6, 6.07) is 9.55. The van der Waals surface area contributed by atoms with Crippen LogP contribution in [0.15, 0.2) is 47.4 Å². The molecule has 0 aromatic heterocycles. The fourth-order valence-electron chi connectivity index (χ4n) is 1.79. The van der Waals surface area contributed by atoms with E-state index in [-0.39, 0.29) is 21.2 Å². The number of nitrogens with zero attached hydrogens (tertiary/aromatic N) is 1. The first-order chi connectivity index (χ1) is 9.79. The van der Waals surface area contributed by atoms with E-state index >= 15 is 0 Å². The minimum atomic E-state index is -3.70. The lowest BCUT2D eigenvalue weighted by atomic mass is 10.2. The number of nitrogens with two attached hydrogens (primary N) is 1. The Morgan fingerprint density at radius 1 is 1.14 bits per heavy atom. The second kappa shape index (κ2) is 5.71. The number of hydrogen-bond donors (Lipinski definition) is 1. The SMILES string of the molecule is Nc1ccc(S(=O)(=O)Cc2ccc(Cl)cc2[N+](=O)[O-])cc1. The first kappa shape index (κ1) is 15.3. The first-order valence-electron chi connectivity index (χ1n) is 5.81. The molecule has 0 aliphatic rings. The number of anilines is 1. The van der Waals surface area contributed by atoms with Crippen molar-refractivity contribution in [3.05, 3.63) is 63.2 Å². The van der Waals surface area contributed by atoms with Crippen molar-refractivity contribution in [2.24, 2.45) is 0 Å². The highest BCUT2D eigenvalue weighted by molar-refractivity contribution is 7.90. The smallest absolute Gasteiger partial charge is 0.275 e. The summed E-state index contributed by atoms with van der Waals surface area (Å²) in [6.45, 7) is 0. The summed E-state index contributed by atoms with van der Waals surface area (Å²) in [7, 11) is -3.70. The van der Waals surface area contributed by atoms with E-state index in [1.807, 2.05) is 0 Å². The normalized spacial score (nSPS) is 11.3. The van der Waals surface area contributed by atoms with Crippen LogP contribution in [-0.4, -0.2) is 13.3 Å². The molecule has 0 aliphatic heterocycles. The molecule has 0 radical (unpaired) electrons. The third-order valence-electron chi connectivity index (χ3n) is 2.83. The number of halogens is 1. The summed E-state index contributed by atoms with van der Waals surface area (Å²) >= 11 is 5.70.